The van der Waals surface area contributed by atoms with Crippen molar-refractivity contribution in [2.45, 2.75) is 96.7 Å². The minimum absolute atomic E-state index is 0.0995. The topological polar surface area (TPSA) is 144 Å². The van der Waals surface area contributed by atoms with Gasteiger partial charge in [-0.2, -0.15) is 0 Å². The van der Waals surface area contributed by atoms with Crippen LogP contribution in [0.3, 0.4) is 0 Å². The zero-order valence-corrected chi connectivity index (χ0v) is 22.3. The highest BCUT2D eigenvalue weighted by molar-refractivity contribution is 5.87. The molecule has 0 bridgehead atoms. The number of esters is 2. The van der Waals surface area contributed by atoms with Gasteiger partial charge in [0.2, 0.25) is 0 Å². The Morgan fingerprint density at radius 3 is 2.30 bits per heavy atom. The fraction of sp³-hybridized carbons (Fsp3) is 0.750. The van der Waals surface area contributed by atoms with E-state index in [0.717, 1.165) is 5.56 Å². The summed E-state index contributed by atoms with van der Waals surface area (Å²) in [5, 5.41) is 35.7. The lowest BCUT2D eigenvalue weighted by Gasteiger charge is -2.69. The highest BCUT2D eigenvalue weighted by atomic mass is 16.6. The van der Waals surface area contributed by atoms with Crippen molar-refractivity contribution in [1.82, 2.24) is 0 Å². The van der Waals surface area contributed by atoms with E-state index in [1.54, 1.807) is 26.2 Å². The van der Waals surface area contributed by atoms with E-state index in [1.165, 1.54) is 13.2 Å². The number of aliphatic hydroxyl groups is 3. The first-order chi connectivity index (χ1) is 17.1. The van der Waals surface area contributed by atoms with E-state index >= 15 is 0 Å². The van der Waals surface area contributed by atoms with Crippen LogP contribution in [0.1, 0.15) is 72.3 Å². The van der Waals surface area contributed by atoms with Crippen LogP contribution in [0.2, 0.25) is 0 Å². The molecule has 204 valence electrons. The number of hydrogen-bond acceptors (Lipinski definition) is 9. The Labute approximate surface area is 216 Å². The molecule has 2 heterocycles. The molecule has 3 aliphatic carbocycles. The molecule has 11 atom stereocenters. The summed E-state index contributed by atoms with van der Waals surface area (Å²) in [5.74, 6) is -3.85. The van der Waals surface area contributed by atoms with Crippen LogP contribution < -0.4 is 0 Å². The zero-order chi connectivity index (χ0) is 27.3. The van der Waals surface area contributed by atoms with Gasteiger partial charge in [-0.05, 0) is 31.9 Å². The lowest BCUT2D eigenvalue weighted by atomic mass is 9.37. The summed E-state index contributed by atoms with van der Waals surface area (Å²) in [5.41, 5.74) is -3.68. The second kappa shape index (κ2) is 8.13. The smallest absolute Gasteiger partial charge is 0.310 e. The minimum Gasteiger partial charge on any atom is -0.472 e. The van der Waals surface area contributed by atoms with Gasteiger partial charge in [-0.1, -0.05) is 20.8 Å². The lowest BCUT2D eigenvalue weighted by molar-refractivity contribution is -0.299. The molecular weight excluding hydrogens is 480 g/mol. The maximum atomic E-state index is 13.8. The summed E-state index contributed by atoms with van der Waals surface area (Å²) in [6, 6.07) is 1.77. The standard InChI is InChI=1S/C28H38O9/c1-13(29)36-19-11-20(32)37-25(2,3)17-10-18(31)28(6)22-16(30)9-15(14-7-8-35-12-14)26(22,4)24(34)21(33)23(28)27(17,19)5/h7-8,12,15,17-19,21-24,31,33-34H,9-11H2,1-6H3/t15-,17-,18+,19-,21+,22+,23+,24-,26-,27+,28-/m0/s1. The first-order valence-corrected chi connectivity index (χ1v) is 13.1. The van der Waals surface area contributed by atoms with E-state index < -0.39 is 81.9 Å². The summed E-state index contributed by atoms with van der Waals surface area (Å²) in [6.45, 7) is 10.2. The summed E-state index contributed by atoms with van der Waals surface area (Å²) in [4.78, 5) is 38.9. The van der Waals surface area contributed by atoms with Crippen LogP contribution in [-0.2, 0) is 23.9 Å². The number of ether oxygens (including phenoxy) is 2. The Bertz CT molecular complexity index is 1110. The SMILES string of the molecule is CC(=O)O[C@H]1CC(=O)OC(C)(C)[C@@H]2C[C@@H](O)[C@@]3(C)[C@@H]4C(=O)C[C@@H](c5ccoc5)[C@]4(C)[C@@H](O)[C@H](O)[C@@H]3[C@@]12C. The van der Waals surface area contributed by atoms with Crippen molar-refractivity contribution in [1.29, 1.82) is 0 Å². The van der Waals surface area contributed by atoms with E-state index in [0.29, 0.717) is 0 Å². The number of fused-ring (bicyclic) bond motifs is 5. The molecule has 3 N–H and O–H groups in total. The van der Waals surface area contributed by atoms with E-state index in [1.807, 2.05) is 20.8 Å². The number of furan rings is 1. The Morgan fingerprint density at radius 2 is 1.70 bits per heavy atom. The van der Waals surface area contributed by atoms with Gasteiger partial charge in [0.25, 0.3) is 0 Å². The van der Waals surface area contributed by atoms with E-state index in [-0.39, 0.29) is 25.0 Å². The van der Waals surface area contributed by atoms with Gasteiger partial charge in [-0.15, -0.1) is 0 Å². The number of carbonyl (C=O) groups is 3. The molecule has 0 unspecified atom stereocenters. The number of rotatable bonds is 2. The summed E-state index contributed by atoms with van der Waals surface area (Å²) >= 11 is 0. The van der Waals surface area contributed by atoms with Crippen molar-refractivity contribution < 1.29 is 43.6 Å². The molecule has 1 aromatic heterocycles. The molecule has 1 aromatic rings. The Hall–Kier alpha value is -2.23. The highest BCUT2D eigenvalue weighted by Gasteiger charge is 2.78. The van der Waals surface area contributed by atoms with E-state index in [2.05, 4.69) is 0 Å². The van der Waals surface area contributed by atoms with Gasteiger partial charge < -0.3 is 29.2 Å². The van der Waals surface area contributed by atoms with Crippen molar-refractivity contribution in [2.75, 3.05) is 0 Å². The molecule has 5 rings (SSSR count). The molecule has 9 heteroatoms. The maximum Gasteiger partial charge on any atom is 0.310 e. The molecule has 1 saturated heterocycles. The summed E-state index contributed by atoms with van der Waals surface area (Å²) < 4.78 is 16.8. The molecule has 0 radical (unpaired) electrons. The molecule has 3 saturated carbocycles. The molecule has 37 heavy (non-hydrogen) atoms. The van der Waals surface area contributed by atoms with Crippen molar-refractivity contribution in [3.05, 3.63) is 24.2 Å². The summed E-state index contributed by atoms with van der Waals surface area (Å²) in [7, 11) is 0. The molecule has 0 spiro atoms. The highest BCUT2D eigenvalue weighted by Crippen LogP contribution is 2.73. The van der Waals surface area contributed by atoms with Gasteiger partial charge in [0, 0.05) is 53.3 Å². The number of aliphatic hydroxyl groups excluding tert-OH is 3. The molecule has 1 aliphatic heterocycles. The summed E-state index contributed by atoms with van der Waals surface area (Å²) in [6.07, 6.45) is -1.59. The molecule has 0 aromatic carbocycles. The number of ketones is 1. The second-order valence-corrected chi connectivity index (χ2v) is 12.9. The largest absolute Gasteiger partial charge is 0.472 e. The number of carbonyl (C=O) groups excluding carboxylic acids is 3. The van der Waals surface area contributed by atoms with Crippen LogP contribution >= 0.6 is 0 Å². The van der Waals surface area contributed by atoms with Gasteiger partial charge in [0.1, 0.15) is 17.5 Å². The third kappa shape index (κ3) is 3.29. The second-order valence-electron chi connectivity index (χ2n) is 12.9. The maximum absolute atomic E-state index is 13.8. The van der Waals surface area contributed by atoms with Crippen LogP contribution in [0, 0.1) is 34.0 Å². The van der Waals surface area contributed by atoms with Crippen LogP contribution in [0.25, 0.3) is 0 Å². The Kier molecular flexibility index (Phi) is 5.80. The monoisotopic (exact) mass is 518 g/mol. The van der Waals surface area contributed by atoms with E-state index in [4.69, 9.17) is 13.9 Å². The Balaban J connectivity index is 1.73. The van der Waals surface area contributed by atoms with Crippen LogP contribution in [0.15, 0.2) is 23.0 Å². The van der Waals surface area contributed by atoms with Crippen LogP contribution in [0.5, 0.6) is 0 Å². The third-order valence-corrected chi connectivity index (χ3v) is 10.8. The van der Waals surface area contributed by atoms with Crippen molar-refractivity contribution in [3.8, 4) is 0 Å². The molecule has 4 aliphatic rings. The predicted octanol–water partition coefficient (Wildman–Crippen LogP) is 2.36. The number of cyclic esters (lactones) is 1. The van der Waals surface area contributed by atoms with Crippen LogP contribution in [0.4, 0.5) is 0 Å². The molecule has 9 nitrogen and oxygen atoms in total. The van der Waals surface area contributed by atoms with Crippen molar-refractivity contribution in [2.24, 2.45) is 34.0 Å². The number of hydrogen-bond donors (Lipinski definition) is 3. The first kappa shape index (κ1) is 26.4. The quantitative estimate of drug-likeness (QED) is 0.503. The fourth-order valence-electron chi connectivity index (χ4n) is 9.52. The average molecular weight is 519 g/mol. The van der Waals surface area contributed by atoms with Gasteiger partial charge in [0.15, 0.2) is 0 Å². The molecular formula is C28H38O9. The minimum atomic E-state index is -1.38. The van der Waals surface area contributed by atoms with Gasteiger partial charge in [-0.25, -0.2) is 0 Å². The average Bonchev–Trinajstić information content (AvgIpc) is 3.38. The van der Waals surface area contributed by atoms with Gasteiger partial charge in [-0.3, -0.25) is 14.4 Å². The molecule has 4 fully saturated rings. The normalized spacial score (nSPS) is 48.8. The number of Topliss-reactive ketones (excluding diaryl/α,β-unsaturated/α-hetero) is 1. The zero-order valence-electron chi connectivity index (χ0n) is 22.3. The lowest BCUT2D eigenvalue weighted by Crippen LogP contribution is -2.75. The van der Waals surface area contributed by atoms with Crippen molar-refractivity contribution >= 4 is 17.7 Å². The van der Waals surface area contributed by atoms with Crippen molar-refractivity contribution in [3.63, 3.8) is 0 Å². The van der Waals surface area contributed by atoms with E-state index in [9.17, 15) is 29.7 Å². The fourth-order valence-corrected chi connectivity index (χ4v) is 9.52. The third-order valence-electron chi connectivity index (χ3n) is 10.8. The van der Waals surface area contributed by atoms with Gasteiger partial charge >= 0.3 is 11.9 Å². The molecule has 0 amide bonds. The Morgan fingerprint density at radius 1 is 1.03 bits per heavy atom. The predicted molar refractivity (Wildman–Crippen MR) is 129 cm³/mol. The first-order valence-electron chi connectivity index (χ1n) is 13.1. The van der Waals surface area contributed by atoms with Crippen LogP contribution in [-0.4, -0.2) is 63.1 Å². The van der Waals surface area contributed by atoms with Gasteiger partial charge in [0.05, 0.1) is 37.3 Å².